The third kappa shape index (κ3) is 4.43. The minimum Gasteiger partial charge on any atom is -0.495 e. The highest BCUT2D eigenvalue weighted by Crippen LogP contribution is 2.27. The summed E-state index contributed by atoms with van der Waals surface area (Å²) in [5.74, 6) is 1.31. The highest BCUT2D eigenvalue weighted by Gasteiger charge is 2.12. The number of carbonyl (C=O) groups excluding carboxylic acids is 1. The van der Waals surface area contributed by atoms with Crippen LogP contribution in [0.1, 0.15) is 26.4 Å². The molecule has 4 nitrogen and oxygen atoms in total. The Morgan fingerprint density at radius 3 is 2.50 bits per heavy atom. The molecule has 0 aliphatic carbocycles. The lowest BCUT2D eigenvalue weighted by molar-refractivity contribution is 0.103. The van der Waals surface area contributed by atoms with Gasteiger partial charge in [0.15, 0.2) is 0 Å². The predicted octanol–water partition coefficient (Wildman–Crippen LogP) is 5.20. The maximum atomic E-state index is 12.5. The van der Waals surface area contributed by atoms with Crippen molar-refractivity contribution in [2.75, 3.05) is 12.4 Å². The molecule has 3 rings (SSSR count). The van der Waals surface area contributed by atoms with Gasteiger partial charge in [-0.1, -0.05) is 23.8 Å². The lowest BCUT2D eigenvalue weighted by atomic mass is 10.2. The highest BCUT2D eigenvalue weighted by molar-refractivity contribution is 7.12. The summed E-state index contributed by atoms with van der Waals surface area (Å²) in [5, 5.41) is 4.86. The fourth-order valence-corrected chi connectivity index (χ4v) is 3.27. The molecule has 1 heterocycles. The minimum absolute atomic E-state index is 0.152. The normalized spacial score (nSPS) is 10.4. The van der Waals surface area contributed by atoms with Crippen molar-refractivity contribution >= 4 is 22.9 Å². The molecule has 0 fully saturated rings. The van der Waals surface area contributed by atoms with Gasteiger partial charge in [0.25, 0.3) is 5.91 Å². The van der Waals surface area contributed by atoms with Crippen molar-refractivity contribution < 1.29 is 14.3 Å². The van der Waals surface area contributed by atoms with Gasteiger partial charge in [-0.25, -0.2) is 0 Å². The number of thiophene rings is 1. The van der Waals surface area contributed by atoms with Gasteiger partial charge in [0.2, 0.25) is 0 Å². The van der Waals surface area contributed by atoms with Gasteiger partial charge in [-0.05, 0) is 55.1 Å². The molecule has 1 aromatic heterocycles. The predicted molar refractivity (Wildman–Crippen MR) is 106 cm³/mol. The first kappa shape index (κ1) is 18.0. The summed E-state index contributed by atoms with van der Waals surface area (Å²) in [6, 6.07) is 15.5. The molecule has 3 aromatic rings. The lowest BCUT2D eigenvalue weighted by Gasteiger charge is -2.10. The summed E-state index contributed by atoms with van der Waals surface area (Å²) in [7, 11) is 1.59. The van der Waals surface area contributed by atoms with E-state index in [0.717, 1.165) is 16.9 Å². The van der Waals surface area contributed by atoms with Crippen LogP contribution in [0, 0.1) is 13.8 Å². The van der Waals surface area contributed by atoms with Crippen molar-refractivity contribution in [3.8, 4) is 11.5 Å². The number of aryl methyl sites for hydroxylation is 2. The zero-order valence-corrected chi connectivity index (χ0v) is 15.9. The lowest BCUT2D eigenvalue weighted by Crippen LogP contribution is -2.11. The van der Waals surface area contributed by atoms with Crippen molar-refractivity contribution in [3.63, 3.8) is 0 Å². The molecule has 0 bridgehead atoms. The van der Waals surface area contributed by atoms with Gasteiger partial charge in [-0.2, -0.15) is 0 Å². The van der Waals surface area contributed by atoms with Gasteiger partial charge in [0.05, 0.1) is 17.7 Å². The molecule has 2 aromatic carbocycles. The Labute approximate surface area is 157 Å². The molecule has 0 spiro atoms. The number of nitrogens with one attached hydrogen (secondary N) is 1. The first-order valence-corrected chi connectivity index (χ1v) is 9.16. The molecule has 26 heavy (non-hydrogen) atoms. The Balaban J connectivity index is 1.64. The second-order valence-electron chi connectivity index (χ2n) is 6.08. The van der Waals surface area contributed by atoms with Crippen molar-refractivity contribution in [2.24, 2.45) is 0 Å². The second-order valence-corrected chi connectivity index (χ2v) is 6.99. The van der Waals surface area contributed by atoms with E-state index < -0.39 is 0 Å². The zero-order valence-electron chi connectivity index (χ0n) is 15.0. The summed E-state index contributed by atoms with van der Waals surface area (Å²) < 4.78 is 11.1. The third-order valence-electron chi connectivity index (χ3n) is 3.91. The number of rotatable bonds is 6. The van der Waals surface area contributed by atoms with Gasteiger partial charge in [0, 0.05) is 5.56 Å². The van der Waals surface area contributed by atoms with Crippen molar-refractivity contribution in [1.29, 1.82) is 0 Å². The molecular weight excluding hydrogens is 346 g/mol. The van der Waals surface area contributed by atoms with Crippen LogP contribution in [0.5, 0.6) is 11.5 Å². The second kappa shape index (κ2) is 8.06. The van der Waals surface area contributed by atoms with E-state index in [1.54, 1.807) is 7.11 Å². The van der Waals surface area contributed by atoms with E-state index in [-0.39, 0.29) is 5.91 Å². The first-order chi connectivity index (χ1) is 12.5. The largest absolute Gasteiger partial charge is 0.495 e. The van der Waals surface area contributed by atoms with Crippen molar-refractivity contribution in [1.82, 2.24) is 0 Å². The Bertz CT molecular complexity index is 900. The number of anilines is 1. The number of benzene rings is 2. The number of hydrogen-bond acceptors (Lipinski definition) is 4. The van der Waals surface area contributed by atoms with Crippen LogP contribution in [0.15, 0.2) is 53.9 Å². The Morgan fingerprint density at radius 2 is 1.77 bits per heavy atom. The Morgan fingerprint density at radius 1 is 1.04 bits per heavy atom. The number of ether oxygens (including phenoxy) is 2. The molecule has 0 aliphatic heterocycles. The number of carbonyl (C=O) groups is 1. The summed E-state index contributed by atoms with van der Waals surface area (Å²) in [4.78, 5) is 13.2. The quantitative estimate of drug-likeness (QED) is 0.651. The molecule has 1 amide bonds. The standard InChI is InChI=1S/C21H21NO3S/c1-14-4-7-17(8-5-14)25-12-16-11-20(26-13-16)21(23)22-18-10-15(2)6-9-19(18)24-3/h4-11,13H,12H2,1-3H3,(H,22,23). The Kier molecular flexibility index (Phi) is 5.58. The van der Waals surface area contributed by atoms with Gasteiger partial charge in [-0.15, -0.1) is 11.3 Å². The maximum Gasteiger partial charge on any atom is 0.265 e. The molecular formula is C21H21NO3S. The fourth-order valence-electron chi connectivity index (χ4n) is 2.47. The van der Waals surface area contributed by atoms with E-state index >= 15 is 0 Å². The zero-order chi connectivity index (χ0) is 18.5. The van der Waals surface area contributed by atoms with E-state index in [4.69, 9.17) is 9.47 Å². The van der Waals surface area contributed by atoms with Crippen LogP contribution in [-0.4, -0.2) is 13.0 Å². The van der Waals surface area contributed by atoms with Crippen LogP contribution >= 0.6 is 11.3 Å². The molecule has 0 saturated heterocycles. The first-order valence-electron chi connectivity index (χ1n) is 8.28. The SMILES string of the molecule is COc1ccc(C)cc1NC(=O)c1cc(COc2ccc(C)cc2)cs1. The molecule has 1 N–H and O–H groups in total. The molecule has 0 saturated carbocycles. The molecule has 0 radical (unpaired) electrons. The van der Waals surface area contributed by atoms with Gasteiger partial charge >= 0.3 is 0 Å². The third-order valence-corrected chi connectivity index (χ3v) is 4.88. The molecule has 0 aliphatic rings. The van der Waals surface area contributed by atoms with Gasteiger partial charge in [-0.3, -0.25) is 4.79 Å². The average Bonchev–Trinajstić information content (AvgIpc) is 3.11. The molecule has 0 atom stereocenters. The number of hydrogen-bond donors (Lipinski definition) is 1. The minimum atomic E-state index is -0.152. The van der Waals surface area contributed by atoms with Crippen LogP contribution in [0.4, 0.5) is 5.69 Å². The average molecular weight is 367 g/mol. The van der Waals surface area contributed by atoms with E-state index in [0.29, 0.717) is 22.9 Å². The summed E-state index contributed by atoms with van der Waals surface area (Å²) >= 11 is 1.40. The van der Waals surface area contributed by atoms with Crippen molar-refractivity contribution in [3.05, 3.63) is 75.5 Å². The summed E-state index contributed by atoms with van der Waals surface area (Å²) in [6.07, 6.45) is 0. The van der Waals surface area contributed by atoms with E-state index in [9.17, 15) is 4.79 Å². The van der Waals surface area contributed by atoms with Gasteiger partial charge in [0.1, 0.15) is 18.1 Å². The maximum absolute atomic E-state index is 12.5. The van der Waals surface area contributed by atoms with E-state index in [1.165, 1.54) is 16.9 Å². The van der Waals surface area contributed by atoms with Crippen LogP contribution in [0.2, 0.25) is 0 Å². The van der Waals surface area contributed by atoms with Crippen LogP contribution < -0.4 is 14.8 Å². The van der Waals surface area contributed by atoms with Crippen LogP contribution in [-0.2, 0) is 6.61 Å². The number of amides is 1. The molecule has 5 heteroatoms. The molecule has 0 unspecified atom stereocenters. The highest BCUT2D eigenvalue weighted by atomic mass is 32.1. The Hall–Kier alpha value is -2.79. The monoisotopic (exact) mass is 367 g/mol. The number of methoxy groups -OCH3 is 1. The van der Waals surface area contributed by atoms with Crippen LogP contribution in [0.3, 0.4) is 0 Å². The van der Waals surface area contributed by atoms with E-state index in [1.807, 2.05) is 67.8 Å². The van der Waals surface area contributed by atoms with Crippen LogP contribution in [0.25, 0.3) is 0 Å². The topological polar surface area (TPSA) is 47.6 Å². The molecule has 134 valence electrons. The van der Waals surface area contributed by atoms with Gasteiger partial charge < -0.3 is 14.8 Å². The fraction of sp³-hybridized carbons (Fsp3) is 0.190. The summed E-state index contributed by atoms with van der Waals surface area (Å²) in [5.41, 5.74) is 3.89. The van der Waals surface area contributed by atoms with Crippen molar-refractivity contribution in [2.45, 2.75) is 20.5 Å². The smallest absolute Gasteiger partial charge is 0.265 e. The summed E-state index contributed by atoms with van der Waals surface area (Å²) in [6.45, 7) is 4.44. The van der Waals surface area contributed by atoms with E-state index in [2.05, 4.69) is 5.32 Å².